The highest BCUT2D eigenvalue weighted by atomic mass is 16.6. The first kappa shape index (κ1) is 18.6. The number of carboxylic acids is 1. The van der Waals surface area contributed by atoms with Crippen molar-refractivity contribution in [1.29, 1.82) is 0 Å². The number of aromatic carboxylic acids is 1. The largest absolute Gasteiger partial charge is 0.502 e. The lowest BCUT2D eigenvalue weighted by atomic mass is 10.0. The van der Waals surface area contributed by atoms with Crippen LogP contribution in [0.4, 0.5) is 5.69 Å². The molecule has 0 aliphatic rings. The lowest BCUT2D eigenvalue weighted by Gasteiger charge is -2.05. The van der Waals surface area contributed by atoms with Gasteiger partial charge in [0.15, 0.2) is 11.4 Å². The molecule has 9 nitrogen and oxygen atoms in total. The van der Waals surface area contributed by atoms with E-state index in [2.05, 4.69) is 5.16 Å². The molecular weight excluding hydrogens is 368 g/mol. The molecular formula is C19H14N2O7. The number of carboxylic acid groups (broad SMARTS) is 1. The molecule has 3 aromatic rings. The van der Waals surface area contributed by atoms with Gasteiger partial charge in [-0.3, -0.25) is 10.1 Å². The van der Waals surface area contributed by atoms with Gasteiger partial charge in [-0.15, -0.1) is 0 Å². The van der Waals surface area contributed by atoms with Crippen LogP contribution in [0.2, 0.25) is 0 Å². The van der Waals surface area contributed by atoms with Crippen molar-refractivity contribution in [2.45, 2.75) is 0 Å². The summed E-state index contributed by atoms with van der Waals surface area (Å²) in [4.78, 5) is 21.5. The zero-order chi connectivity index (χ0) is 20.1. The van der Waals surface area contributed by atoms with E-state index in [4.69, 9.17) is 14.4 Å². The number of ether oxygens (including phenoxy) is 1. The number of rotatable bonds is 7. The average Bonchev–Trinajstić information content (AvgIpc) is 3.15. The van der Waals surface area contributed by atoms with E-state index in [0.29, 0.717) is 11.1 Å². The van der Waals surface area contributed by atoms with E-state index in [9.17, 15) is 20.0 Å². The van der Waals surface area contributed by atoms with Crippen LogP contribution in [0, 0.1) is 10.1 Å². The highest BCUT2D eigenvalue weighted by molar-refractivity contribution is 5.93. The molecule has 0 atom stereocenters. The molecule has 0 unspecified atom stereocenters. The van der Waals surface area contributed by atoms with E-state index in [1.807, 2.05) is 0 Å². The van der Waals surface area contributed by atoms with Crippen LogP contribution < -0.4 is 4.74 Å². The van der Waals surface area contributed by atoms with Crippen molar-refractivity contribution in [3.8, 4) is 22.6 Å². The molecule has 0 radical (unpaired) electrons. The zero-order valence-electron chi connectivity index (χ0n) is 14.3. The van der Waals surface area contributed by atoms with Crippen molar-refractivity contribution in [3.63, 3.8) is 0 Å². The Bertz CT molecular complexity index is 1060. The van der Waals surface area contributed by atoms with Gasteiger partial charge in [0.25, 0.3) is 0 Å². The Morgan fingerprint density at radius 3 is 2.82 bits per heavy atom. The molecule has 2 aromatic carbocycles. The summed E-state index contributed by atoms with van der Waals surface area (Å²) in [5.74, 6) is -1.70. The summed E-state index contributed by atoms with van der Waals surface area (Å²) >= 11 is 0. The number of phenolic OH excluding ortho intramolecular Hbond substituents is 1. The molecule has 0 fully saturated rings. The van der Waals surface area contributed by atoms with Gasteiger partial charge in [0, 0.05) is 0 Å². The predicted molar refractivity (Wildman–Crippen MR) is 98.2 cm³/mol. The summed E-state index contributed by atoms with van der Waals surface area (Å²) in [5.41, 5.74) is 1.05. The number of phenols is 1. The van der Waals surface area contributed by atoms with Gasteiger partial charge < -0.3 is 19.5 Å². The molecule has 0 saturated heterocycles. The van der Waals surface area contributed by atoms with Gasteiger partial charge >= 0.3 is 11.7 Å². The molecule has 28 heavy (non-hydrogen) atoms. The topological polar surface area (TPSA) is 136 Å². The van der Waals surface area contributed by atoms with Gasteiger partial charge in [0.2, 0.25) is 5.75 Å². The van der Waals surface area contributed by atoms with Crippen molar-refractivity contribution in [2.24, 2.45) is 0 Å². The number of hydrogen-bond donors (Lipinski definition) is 2. The van der Waals surface area contributed by atoms with Gasteiger partial charge in [-0.1, -0.05) is 35.5 Å². The molecule has 0 bridgehead atoms. The van der Waals surface area contributed by atoms with Crippen LogP contribution in [0.3, 0.4) is 0 Å². The number of hydrogen-bond acceptors (Lipinski definition) is 7. The number of benzene rings is 2. The minimum atomic E-state index is -1.19. The summed E-state index contributed by atoms with van der Waals surface area (Å²) in [6.07, 6.45) is 4.61. The van der Waals surface area contributed by atoms with Crippen LogP contribution in [-0.2, 0) is 0 Å². The van der Waals surface area contributed by atoms with Crippen molar-refractivity contribution >= 4 is 17.7 Å². The maximum atomic E-state index is 11.2. The first-order valence-corrected chi connectivity index (χ1v) is 8.01. The SMILES string of the molecule is O=C(O)c1nocc1-c1cccc(C=CCOc2cccc(O)c2[N+](=O)[O-])c1. The lowest BCUT2D eigenvalue weighted by molar-refractivity contribution is -0.386. The smallest absolute Gasteiger partial charge is 0.358 e. The molecule has 0 aliphatic heterocycles. The van der Waals surface area contributed by atoms with Crippen LogP contribution in [-0.4, -0.2) is 32.9 Å². The van der Waals surface area contributed by atoms with Crippen molar-refractivity contribution < 1.29 is 29.2 Å². The molecule has 2 N–H and O–H groups in total. The number of carbonyl (C=O) groups is 1. The minimum absolute atomic E-state index is 0.0299. The molecule has 142 valence electrons. The summed E-state index contributed by atoms with van der Waals surface area (Å²) in [5, 5.41) is 33.2. The fourth-order valence-electron chi connectivity index (χ4n) is 2.54. The third-order valence-corrected chi connectivity index (χ3v) is 3.78. The second kappa shape index (κ2) is 8.04. The first-order chi connectivity index (χ1) is 13.5. The maximum absolute atomic E-state index is 11.2. The predicted octanol–water partition coefficient (Wildman–Crippen LogP) is 3.75. The van der Waals surface area contributed by atoms with Crippen molar-refractivity contribution in [2.75, 3.05) is 6.61 Å². The van der Waals surface area contributed by atoms with Crippen LogP contribution in [0.1, 0.15) is 16.1 Å². The van der Waals surface area contributed by atoms with E-state index in [-0.39, 0.29) is 18.1 Å². The molecule has 1 heterocycles. The Morgan fingerprint density at radius 2 is 2.07 bits per heavy atom. The van der Waals surface area contributed by atoms with Gasteiger partial charge in [0.1, 0.15) is 12.9 Å². The maximum Gasteiger partial charge on any atom is 0.358 e. The fraction of sp³-hybridized carbons (Fsp3) is 0.0526. The minimum Gasteiger partial charge on any atom is -0.502 e. The number of nitro benzene ring substituents is 1. The van der Waals surface area contributed by atoms with Crippen molar-refractivity contribution in [3.05, 3.63) is 76.2 Å². The third-order valence-electron chi connectivity index (χ3n) is 3.78. The molecule has 0 amide bonds. The summed E-state index contributed by atoms with van der Waals surface area (Å²) < 4.78 is 10.1. The highest BCUT2D eigenvalue weighted by Gasteiger charge is 2.20. The second-order valence-corrected chi connectivity index (χ2v) is 5.60. The summed E-state index contributed by atoms with van der Waals surface area (Å²) in [6, 6.07) is 11.1. The fourth-order valence-corrected chi connectivity index (χ4v) is 2.54. The quantitative estimate of drug-likeness (QED) is 0.466. The monoisotopic (exact) mass is 382 g/mol. The number of aromatic nitrogens is 1. The Morgan fingerprint density at radius 1 is 1.29 bits per heavy atom. The van der Waals surface area contributed by atoms with Crippen LogP contribution in [0.25, 0.3) is 17.2 Å². The standard InChI is InChI=1S/C19H14N2O7/c22-15-7-2-8-16(18(15)21(25)26)27-9-3-5-12-4-1-6-13(10-12)14-11-28-20-17(14)19(23)24/h1-8,10-11,22H,9H2,(H,23,24). The molecule has 3 rings (SSSR count). The van der Waals surface area contributed by atoms with Gasteiger partial charge in [-0.2, -0.15) is 0 Å². The van der Waals surface area contributed by atoms with E-state index in [0.717, 1.165) is 5.56 Å². The van der Waals surface area contributed by atoms with E-state index >= 15 is 0 Å². The second-order valence-electron chi connectivity index (χ2n) is 5.60. The Labute approximate surface area is 158 Å². The van der Waals surface area contributed by atoms with Crippen LogP contribution in [0.5, 0.6) is 11.5 Å². The number of aromatic hydroxyl groups is 1. The Hall–Kier alpha value is -4.14. The van der Waals surface area contributed by atoms with E-state index < -0.39 is 22.3 Å². The number of para-hydroxylation sites is 1. The van der Waals surface area contributed by atoms with E-state index in [1.54, 1.807) is 36.4 Å². The molecule has 0 spiro atoms. The van der Waals surface area contributed by atoms with Gasteiger partial charge in [-0.05, 0) is 35.4 Å². The molecule has 0 saturated carbocycles. The number of nitro groups is 1. The lowest BCUT2D eigenvalue weighted by Crippen LogP contribution is -1.99. The summed E-state index contributed by atoms with van der Waals surface area (Å²) in [6.45, 7) is 0.0299. The number of nitrogens with zero attached hydrogens (tertiary/aromatic N) is 2. The first-order valence-electron chi connectivity index (χ1n) is 8.01. The third kappa shape index (κ3) is 3.98. The Balaban J connectivity index is 1.73. The zero-order valence-corrected chi connectivity index (χ0v) is 14.3. The Kier molecular flexibility index (Phi) is 5.35. The normalized spacial score (nSPS) is 10.9. The van der Waals surface area contributed by atoms with Crippen molar-refractivity contribution in [1.82, 2.24) is 5.16 Å². The molecule has 9 heteroatoms. The van der Waals surface area contributed by atoms with Crippen LogP contribution >= 0.6 is 0 Å². The van der Waals surface area contributed by atoms with Gasteiger partial charge in [-0.25, -0.2) is 4.79 Å². The molecule has 0 aliphatic carbocycles. The summed E-state index contributed by atoms with van der Waals surface area (Å²) in [7, 11) is 0. The van der Waals surface area contributed by atoms with E-state index in [1.165, 1.54) is 24.5 Å². The average molecular weight is 382 g/mol. The highest BCUT2D eigenvalue weighted by Crippen LogP contribution is 2.35. The van der Waals surface area contributed by atoms with Gasteiger partial charge in [0.05, 0.1) is 10.5 Å². The van der Waals surface area contributed by atoms with Crippen LogP contribution in [0.15, 0.2) is 59.3 Å². The molecule has 1 aromatic heterocycles.